The van der Waals surface area contributed by atoms with E-state index in [0.29, 0.717) is 5.69 Å². The molecule has 1 aromatic rings. The van der Waals surface area contributed by atoms with Gasteiger partial charge in [-0.3, -0.25) is 4.99 Å². The van der Waals surface area contributed by atoms with Crippen molar-refractivity contribution in [3.05, 3.63) is 23.8 Å². The van der Waals surface area contributed by atoms with Crippen molar-refractivity contribution in [2.45, 2.75) is 6.92 Å². The Morgan fingerprint density at radius 2 is 2.17 bits per heavy atom. The third-order valence-corrected chi connectivity index (χ3v) is 1.76. The quantitative estimate of drug-likeness (QED) is 0.374. The molecule has 0 aliphatic carbocycles. The highest BCUT2D eigenvalue weighted by atomic mass is 16.3. The van der Waals surface area contributed by atoms with Gasteiger partial charge < -0.3 is 10.8 Å². The Bertz CT molecular complexity index is 318. The summed E-state index contributed by atoms with van der Waals surface area (Å²) in [5.74, 6) is 0.210. The lowest BCUT2D eigenvalue weighted by molar-refractivity contribution is 0.475. The first-order valence-electron chi connectivity index (χ1n) is 3.67. The van der Waals surface area contributed by atoms with Crippen LogP contribution in [0.2, 0.25) is 0 Å². The van der Waals surface area contributed by atoms with E-state index in [4.69, 9.17) is 5.73 Å². The molecule has 0 saturated heterocycles. The smallest absolute Gasteiger partial charge is 0.116 e. The molecule has 0 bridgehead atoms. The van der Waals surface area contributed by atoms with Gasteiger partial charge in [-0.25, -0.2) is 0 Å². The minimum atomic E-state index is 0.210. The van der Waals surface area contributed by atoms with Crippen LogP contribution in [0.5, 0.6) is 5.75 Å². The molecule has 1 aromatic carbocycles. The number of nitrogens with zero attached hydrogens (tertiary/aromatic N) is 1. The van der Waals surface area contributed by atoms with Crippen molar-refractivity contribution in [2.75, 3.05) is 12.8 Å². The molecule has 0 atom stereocenters. The van der Waals surface area contributed by atoms with Gasteiger partial charge in [-0.2, -0.15) is 0 Å². The topological polar surface area (TPSA) is 58.6 Å². The molecular formula is C9H12N2O. The molecule has 0 amide bonds. The lowest BCUT2D eigenvalue weighted by Crippen LogP contribution is -2.00. The fraction of sp³-hybridized carbons (Fsp3) is 0.222. The Balaban J connectivity index is 3.23. The standard InChI is InChI=1S/C9H12N2O/c1-6(11-2)8-5-7(12)3-4-9(8)10/h3-5,12H,10H2,1-2H3. The lowest BCUT2D eigenvalue weighted by atomic mass is 10.1. The summed E-state index contributed by atoms with van der Waals surface area (Å²) in [6.07, 6.45) is 0. The SMILES string of the molecule is CN=C(C)c1cc(O)ccc1N. The van der Waals surface area contributed by atoms with Crippen LogP contribution in [0.4, 0.5) is 5.69 Å². The Morgan fingerprint density at radius 3 is 2.75 bits per heavy atom. The van der Waals surface area contributed by atoms with E-state index in [9.17, 15) is 5.11 Å². The summed E-state index contributed by atoms with van der Waals surface area (Å²) in [5, 5.41) is 9.17. The molecule has 64 valence electrons. The molecule has 0 aromatic heterocycles. The third-order valence-electron chi connectivity index (χ3n) is 1.76. The van der Waals surface area contributed by atoms with Crippen molar-refractivity contribution in [3.63, 3.8) is 0 Å². The van der Waals surface area contributed by atoms with E-state index in [0.717, 1.165) is 11.3 Å². The van der Waals surface area contributed by atoms with Gasteiger partial charge in [0.15, 0.2) is 0 Å². The zero-order valence-corrected chi connectivity index (χ0v) is 7.20. The maximum Gasteiger partial charge on any atom is 0.116 e. The Hall–Kier alpha value is -1.51. The highest BCUT2D eigenvalue weighted by Crippen LogP contribution is 2.18. The molecule has 1 rings (SSSR count). The number of hydrogen-bond donors (Lipinski definition) is 2. The van der Waals surface area contributed by atoms with E-state index < -0.39 is 0 Å². The van der Waals surface area contributed by atoms with E-state index in [1.165, 1.54) is 0 Å². The van der Waals surface area contributed by atoms with Gasteiger partial charge in [0.2, 0.25) is 0 Å². The zero-order valence-electron chi connectivity index (χ0n) is 7.20. The fourth-order valence-corrected chi connectivity index (χ4v) is 0.978. The van der Waals surface area contributed by atoms with Crippen LogP contribution < -0.4 is 5.73 Å². The molecule has 0 aliphatic rings. The number of hydrogen-bond acceptors (Lipinski definition) is 3. The molecule has 0 heterocycles. The average molecular weight is 164 g/mol. The van der Waals surface area contributed by atoms with Crippen LogP contribution in [0.15, 0.2) is 23.2 Å². The Morgan fingerprint density at radius 1 is 1.50 bits per heavy atom. The van der Waals surface area contributed by atoms with Crippen LogP contribution in [0, 0.1) is 0 Å². The van der Waals surface area contributed by atoms with Gasteiger partial charge >= 0.3 is 0 Å². The van der Waals surface area contributed by atoms with Crippen LogP contribution >= 0.6 is 0 Å². The fourth-order valence-electron chi connectivity index (χ4n) is 0.978. The summed E-state index contributed by atoms with van der Waals surface area (Å²) in [7, 11) is 1.69. The predicted molar refractivity (Wildman–Crippen MR) is 50.7 cm³/mol. The number of benzene rings is 1. The van der Waals surface area contributed by atoms with Crippen LogP contribution in [-0.2, 0) is 0 Å². The van der Waals surface area contributed by atoms with Crippen LogP contribution in [0.1, 0.15) is 12.5 Å². The summed E-state index contributed by atoms with van der Waals surface area (Å²) in [5.41, 5.74) is 7.92. The third kappa shape index (κ3) is 1.56. The van der Waals surface area contributed by atoms with Crippen molar-refractivity contribution >= 4 is 11.4 Å². The summed E-state index contributed by atoms with van der Waals surface area (Å²) >= 11 is 0. The van der Waals surface area contributed by atoms with Gasteiger partial charge in [0, 0.05) is 24.0 Å². The van der Waals surface area contributed by atoms with E-state index in [1.54, 1.807) is 25.2 Å². The molecule has 3 nitrogen and oxygen atoms in total. The van der Waals surface area contributed by atoms with Crippen molar-refractivity contribution in [3.8, 4) is 5.75 Å². The Labute approximate surface area is 71.6 Å². The number of aromatic hydroxyl groups is 1. The second-order valence-electron chi connectivity index (χ2n) is 2.58. The molecule has 0 aliphatic heterocycles. The predicted octanol–water partition coefficient (Wildman–Crippen LogP) is 1.41. The van der Waals surface area contributed by atoms with Gasteiger partial charge in [-0.15, -0.1) is 0 Å². The summed E-state index contributed by atoms with van der Waals surface area (Å²) < 4.78 is 0. The van der Waals surface area contributed by atoms with Crippen LogP contribution in [0.25, 0.3) is 0 Å². The first-order chi connectivity index (χ1) is 5.65. The molecular weight excluding hydrogens is 152 g/mol. The average Bonchev–Trinajstić information content (AvgIpc) is 2.08. The highest BCUT2D eigenvalue weighted by Gasteiger charge is 2.02. The second kappa shape index (κ2) is 3.26. The van der Waals surface area contributed by atoms with Gasteiger partial charge in [0.05, 0.1) is 0 Å². The van der Waals surface area contributed by atoms with Crippen molar-refractivity contribution in [1.29, 1.82) is 0 Å². The maximum atomic E-state index is 9.17. The molecule has 3 N–H and O–H groups in total. The van der Waals surface area contributed by atoms with Gasteiger partial charge in [0.1, 0.15) is 5.75 Å². The molecule has 0 unspecified atom stereocenters. The van der Waals surface area contributed by atoms with Gasteiger partial charge in [-0.1, -0.05) is 0 Å². The zero-order chi connectivity index (χ0) is 9.14. The van der Waals surface area contributed by atoms with Crippen LogP contribution in [0.3, 0.4) is 0 Å². The number of anilines is 1. The number of nitrogens with two attached hydrogens (primary N) is 1. The minimum Gasteiger partial charge on any atom is -0.508 e. The summed E-state index contributed by atoms with van der Waals surface area (Å²) in [6, 6.07) is 4.83. The van der Waals surface area contributed by atoms with Crippen molar-refractivity contribution in [1.82, 2.24) is 0 Å². The molecule has 0 saturated carbocycles. The second-order valence-corrected chi connectivity index (χ2v) is 2.58. The number of phenolic OH excluding ortho intramolecular Hbond substituents is 1. The number of nitrogen functional groups attached to an aromatic ring is 1. The van der Waals surface area contributed by atoms with Crippen molar-refractivity contribution in [2.24, 2.45) is 4.99 Å². The molecule has 0 fully saturated rings. The maximum absolute atomic E-state index is 9.17. The molecule has 0 spiro atoms. The first-order valence-corrected chi connectivity index (χ1v) is 3.67. The minimum absolute atomic E-state index is 0.210. The number of phenols is 1. The van der Waals surface area contributed by atoms with Crippen LogP contribution in [-0.4, -0.2) is 17.9 Å². The lowest BCUT2D eigenvalue weighted by Gasteiger charge is -2.04. The van der Waals surface area contributed by atoms with E-state index in [2.05, 4.69) is 4.99 Å². The van der Waals surface area contributed by atoms with Gasteiger partial charge in [-0.05, 0) is 25.1 Å². The monoisotopic (exact) mass is 164 g/mol. The first kappa shape index (κ1) is 8.59. The largest absolute Gasteiger partial charge is 0.508 e. The van der Waals surface area contributed by atoms with E-state index in [1.807, 2.05) is 6.92 Å². The normalized spacial score (nSPS) is 11.7. The molecule has 0 radical (unpaired) electrons. The molecule has 3 heteroatoms. The number of aliphatic imine (C=N–C) groups is 1. The molecule has 12 heavy (non-hydrogen) atoms. The number of rotatable bonds is 1. The summed E-state index contributed by atoms with van der Waals surface area (Å²) in [6.45, 7) is 1.85. The van der Waals surface area contributed by atoms with Gasteiger partial charge in [0.25, 0.3) is 0 Å². The van der Waals surface area contributed by atoms with Crippen molar-refractivity contribution < 1.29 is 5.11 Å². The van der Waals surface area contributed by atoms with E-state index >= 15 is 0 Å². The van der Waals surface area contributed by atoms with E-state index in [-0.39, 0.29) is 5.75 Å². The summed E-state index contributed by atoms with van der Waals surface area (Å²) in [4.78, 5) is 3.99. The highest BCUT2D eigenvalue weighted by molar-refractivity contribution is 6.03. The Kier molecular flexibility index (Phi) is 2.33.